The van der Waals surface area contributed by atoms with Gasteiger partial charge >= 0.3 is 0 Å². The van der Waals surface area contributed by atoms with Crippen LogP contribution in [0.15, 0.2) is 0 Å². The van der Waals surface area contributed by atoms with E-state index in [9.17, 15) is 0 Å². The lowest BCUT2D eigenvalue weighted by atomic mass is 9.82. The molecule has 16 heavy (non-hydrogen) atoms. The number of fused-ring (bicyclic) bond motifs is 1. The van der Waals surface area contributed by atoms with E-state index >= 15 is 0 Å². The highest BCUT2D eigenvalue weighted by atomic mass is 14.5. The molecule has 0 heterocycles. The SMILES string of the molecule is CC(C)C1CC1.CC(C)C1CCC2CC2C1. The summed E-state index contributed by atoms with van der Waals surface area (Å²) in [4.78, 5) is 0. The van der Waals surface area contributed by atoms with Gasteiger partial charge in [0.15, 0.2) is 0 Å². The third-order valence-corrected chi connectivity index (χ3v) is 5.09. The van der Waals surface area contributed by atoms with Crippen LogP contribution in [0.5, 0.6) is 0 Å². The second-order valence-corrected chi connectivity index (χ2v) is 7.15. The minimum Gasteiger partial charge on any atom is -0.0625 e. The van der Waals surface area contributed by atoms with Crippen LogP contribution in [-0.4, -0.2) is 0 Å². The van der Waals surface area contributed by atoms with Crippen molar-refractivity contribution in [3.63, 3.8) is 0 Å². The van der Waals surface area contributed by atoms with Crippen molar-refractivity contribution in [3.05, 3.63) is 0 Å². The Kier molecular flexibility index (Phi) is 3.97. The van der Waals surface area contributed by atoms with Gasteiger partial charge in [0.2, 0.25) is 0 Å². The molecule has 3 rings (SSSR count). The van der Waals surface area contributed by atoms with Gasteiger partial charge < -0.3 is 0 Å². The van der Waals surface area contributed by atoms with Gasteiger partial charge in [0, 0.05) is 0 Å². The molecule has 0 radical (unpaired) electrons. The summed E-state index contributed by atoms with van der Waals surface area (Å²) in [6, 6.07) is 0. The first-order chi connectivity index (χ1) is 7.58. The topological polar surface area (TPSA) is 0 Å². The third kappa shape index (κ3) is 3.50. The van der Waals surface area contributed by atoms with Gasteiger partial charge in [0.1, 0.15) is 0 Å². The van der Waals surface area contributed by atoms with E-state index in [4.69, 9.17) is 0 Å². The van der Waals surface area contributed by atoms with Crippen LogP contribution < -0.4 is 0 Å². The summed E-state index contributed by atoms with van der Waals surface area (Å²) in [5.74, 6) is 6.43. The summed E-state index contributed by atoms with van der Waals surface area (Å²) in [5, 5.41) is 0. The van der Waals surface area contributed by atoms with E-state index in [1.807, 2.05) is 0 Å². The van der Waals surface area contributed by atoms with E-state index in [1.165, 1.54) is 31.1 Å². The Labute approximate surface area is 102 Å². The molecule has 3 atom stereocenters. The van der Waals surface area contributed by atoms with Gasteiger partial charge in [-0.1, -0.05) is 27.7 Å². The number of hydrogen-bond acceptors (Lipinski definition) is 0. The summed E-state index contributed by atoms with van der Waals surface area (Å²) in [6.07, 6.45) is 9.20. The van der Waals surface area contributed by atoms with Crippen LogP contribution in [-0.2, 0) is 0 Å². The third-order valence-electron chi connectivity index (χ3n) is 5.09. The van der Waals surface area contributed by atoms with Gasteiger partial charge in [-0.3, -0.25) is 0 Å². The smallest absolute Gasteiger partial charge is 0.0380 e. The fourth-order valence-corrected chi connectivity index (χ4v) is 3.26. The lowest BCUT2D eigenvalue weighted by molar-refractivity contribution is 0.269. The molecule has 3 unspecified atom stereocenters. The molecule has 3 saturated carbocycles. The summed E-state index contributed by atoms with van der Waals surface area (Å²) in [5.41, 5.74) is 0. The largest absolute Gasteiger partial charge is 0.0625 e. The molecule has 3 aliphatic rings. The van der Waals surface area contributed by atoms with Gasteiger partial charge in [-0.15, -0.1) is 0 Å². The van der Waals surface area contributed by atoms with Crippen LogP contribution in [0.25, 0.3) is 0 Å². The standard InChI is InChI=1S/C10H18.C6H12/c1-7(2)8-3-4-9-6-10(9)5-8;1-5(2)6-3-4-6/h7-10H,3-6H2,1-2H3;5-6H,3-4H2,1-2H3. The zero-order chi connectivity index (χ0) is 11.7. The number of hydrogen-bond donors (Lipinski definition) is 0. The van der Waals surface area contributed by atoms with E-state index in [2.05, 4.69) is 27.7 Å². The van der Waals surface area contributed by atoms with Crippen LogP contribution in [0.4, 0.5) is 0 Å². The molecular weight excluding hydrogens is 192 g/mol. The van der Waals surface area contributed by atoms with Crippen molar-refractivity contribution in [2.24, 2.45) is 35.5 Å². The van der Waals surface area contributed by atoms with Crippen LogP contribution in [0.3, 0.4) is 0 Å². The van der Waals surface area contributed by atoms with E-state index in [1.54, 1.807) is 19.3 Å². The molecule has 0 aliphatic heterocycles. The zero-order valence-corrected chi connectivity index (χ0v) is 11.7. The summed E-state index contributed by atoms with van der Waals surface area (Å²) in [6.45, 7) is 9.37. The Morgan fingerprint density at radius 1 is 0.625 bits per heavy atom. The molecule has 0 nitrogen and oxygen atoms in total. The molecular formula is C16H30. The van der Waals surface area contributed by atoms with E-state index in [0.29, 0.717) is 0 Å². The van der Waals surface area contributed by atoms with Crippen molar-refractivity contribution in [1.29, 1.82) is 0 Å². The average molecular weight is 222 g/mol. The molecule has 3 fully saturated rings. The van der Waals surface area contributed by atoms with Crippen molar-refractivity contribution < 1.29 is 0 Å². The first kappa shape index (κ1) is 12.5. The van der Waals surface area contributed by atoms with Crippen LogP contribution in [0.2, 0.25) is 0 Å². The van der Waals surface area contributed by atoms with Crippen molar-refractivity contribution in [2.45, 2.75) is 66.2 Å². The van der Waals surface area contributed by atoms with E-state index in [-0.39, 0.29) is 0 Å². The zero-order valence-electron chi connectivity index (χ0n) is 11.7. The molecule has 3 aliphatic carbocycles. The Hall–Kier alpha value is 0. The predicted molar refractivity (Wildman–Crippen MR) is 71.3 cm³/mol. The molecule has 0 aromatic carbocycles. The molecule has 0 heteroatoms. The molecule has 0 spiro atoms. The summed E-state index contributed by atoms with van der Waals surface area (Å²) >= 11 is 0. The first-order valence-corrected chi connectivity index (χ1v) is 7.58. The minimum absolute atomic E-state index is 0.946. The Bertz CT molecular complexity index is 212. The highest BCUT2D eigenvalue weighted by Gasteiger charge is 2.42. The summed E-state index contributed by atoms with van der Waals surface area (Å²) in [7, 11) is 0. The maximum atomic E-state index is 2.38. The van der Waals surface area contributed by atoms with Gasteiger partial charge in [0.25, 0.3) is 0 Å². The van der Waals surface area contributed by atoms with Crippen molar-refractivity contribution in [1.82, 2.24) is 0 Å². The van der Waals surface area contributed by atoms with Crippen LogP contribution in [0, 0.1) is 35.5 Å². The highest BCUT2D eigenvalue weighted by molar-refractivity contribution is 4.92. The van der Waals surface area contributed by atoms with Gasteiger partial charge in [-0.05, 0) is 74.0 Å². The fourth-order valence-electron chi connectivity index (χ4n) is 3.26. The van der Waals surface area contributed by atoms with Crippen molar-refractivity contribution >= 4 is 0 Å². The molecule has 0 saturated heterocycles. The molecule has 94 valence electrons. The normalized spacial score (nSPS) is 36.8. The quantitative estimate of drug-likeness (QED) is 0.607. The van der Waals surface area contributed by atoms with Gasteiger partial charge in [-0.25, -0.2) is 0 Å². The summed E-state index contributed by atoms with van der Waals surface area (Å²) < 4.78 is 0. The Morgan fingerprint density at radius 3 is 1.56 bits per heavy atom. The second kappa shape index (κ2) is 5.10. The molecule has 0 aromatic rings. The molecule has 0 aromatic heterocycles. The van der Waals surface area contributed by atoms with Crippen LogP contribution >= 0.6 is 0 Å². The highest BCUT2D eigenvalue weighted by Crippen LogP contribution is 2.52. The molecule has 0 amide bonds. The lowest BCUT2D eigenvalue weighted by Crippen LogP contribution is -2.14. The minimum atomic E-state index is 0.946. The first-order valence-electron chi connectivity index (χ1n) is 7.58. The van der Waals surface area contributed by atoms with Crippen LogP contribution in [0.1, 0.15) is 66.2 Å². The molecule has 0 bridgehead atoms. The average Bonchev–Trinajstić information content (AvgIpc) is 3.11. The van der Waals surface area contributed by atoms with Gasteiger partial charge in [-0.2, -0.15) is 0 Å². The Balaban J connectivity index is 0.000000138. The van der Waals surface area contributed by atoms with Crippen molar-refractivity contribution in [2.75, 3.05) is 0 Å². The maximum absolute atomic E-state index is 2.38. The van der Waals surface area contributed by atoms with Gasteiger partial charge in [0.05, 0.1) is 0 Å². The monoisotopic (exact) mass is 222 g/mol. The van der Waals surface area contributed by atoms with Crippen molar-refractivity contribution in [3.8, 4) is 0 Å². The fraction of sp³-hybridized carbons (Fsp3) is 1.00. The van der Waals surface area contributed by atoms with E-state index in [0.717, 1.165) is 23.7 Å². The lowest BCUT2D eigenvalue weighted by Gasteiger charge is -2.24. The predicted octanol–water partition coefficient (Wildman–Crippen LogP) is 5.13. The second-order valence-electron chi connectivity index (χ2n) is 7.15. The maximum Gasteiger partial charge on any atom is -0.0380 e. The van der Waals surface area contributed by atoms with E-state index < -0.39 is 0 Å². The Morgan fingerprint density at radius 2 is 1.19 bits per heavy atom. The number of rotatable bonds is 2. The molecule has 0 N–H and O–H groups in total.